The quantitative estimate of drug-likeness (QED) is 0.902. The zero-order valence-electron chi connectivity index (χ0n) is 14.3. The second-order valence-corrected chi connectivity index (χ2v) is 7.14. The van der Waals surface area contributed by atoms with Gasteiger partial charge in [-0.1, -0.05) is 12.1 Å². The number of hydrogen-bond donors (Lipinski definition) is 1. The van der Waals surface area contributed by atoms with Crippen LogP contribution in [0.15, 0.2) is 10.6 Å². The number of hydrogen-bond acceptors (Lipinski definition) is 5. The summed E-state index contributed by atoms with van der Waals surface area (Å²) in [5.74, 6) is -0.195. The molecule has 24 heavy (non-hydrogen) atoms. The summed E-state index contributed by atoms with van der Waals surface area (Å²) >= 11 is 0. The Balaban J connectivity index is 1.64. The van der Waals surface area contributed by atoms with Crippen molar-refractivity contribution in [3.63, 3.8) is 0 Å². The van der Waals surface area contributed by atoms with Crippen LogP contribution in [0.5, 0.6) is 0 Å². The van der Waals surface area contributed by atoms with Gasteiger partial charge >= 0.3 is 5.97 Å². The van der Waals surface area contributed by atoms with Crippen molar-refractivity contribution >= 4 is 11.9 Å². The molecule has 7 nitrogen and oxygen atoms in total. The van der Waals surface area contributed by atoms with Gasteiger partial charge in [0.2, 0.25) is 0 Å². The lowest BCUT2D eigenvalue weighted by Crippen LogP contribution is -2.44. The second kappa shape index (κ2) is 6.55. The molecule has 3 heterocycles. The first-order valence-electron chi connectivity index (χ1n) is 8.63. The van der Waals surface area contributed by atoms with Crippen LogP contribution >= 0.6 is 0 Å². The fourth-order valence-electron chi connectivity index (χ4n) is 4.09. The third-order valence-corrected chi connectivity index (χ3v) is 5.36. The SMILES string of the molecule is CCCN1CC2(CCN(C(=O)c3cc(C)on3)CC2)C[C@H]1C(=O)O. The van der Waals surface area contributed by atoms with E-state index in [1.807, 2.05) is 0 Å². The van der Waals surface area contributed by atoms with Crippen LogP contribution in [0.25, 0.3) is 0 Å². The first-order chi connectivity index (χ1) is 11.4. The van der Waals surface area contributed by atoms with Gasteiger partial charge in [-0.25, -0.2) is 0 Å². The highest BCUT2D eigenvalue weighted by molar-refractivity contribution is 5.92. The van der Waals surface area contributed by atoms with Gasteiger partial charge < -0.3 is 14.5 Å². The van der Waals surface area contributed by atoms with Crippen molar-refractivity contribution in [1.29, 1.82) is 0 Å². The molecule has 1 aromatic rings. The lowest BCUT2D eigenvalue weighted by Gasteiger charge is -2.39. The highest BCUT2D eigenvalue weighted by Crippen LogP contribution is 2.43. The number of piperidine rings is 1. The minimum atomic E-state index is -0.725. The smallest absolute Gasteiger partial charge is 0.320 e. The number of carboxylic acids is 1. The van der Waals surface area contributed by atoms with Gasteiger partial charge in [-0.3, -0.25) is 14.5 Å². The van der Waals surface area contributed by atoms with Crippen molar-refractivity contribution in [3.05, 3.63) is 17.5 Å². The average molecular weight is 335 g/mol. The molecule has 1 N–H and O–H groups in total. The van der Waals surface area contributed by atoms with Crippen molar-refractivity contribution in [2.24, 2.45) is 5.41 Å². The number of aromatic nitrogens is 1. The Morgan fingerprint density at radius 3 is 2.67 bits per heavy atom. The van der Waals surface area contributed by atoms with Crippen LogP contribution in [0.3, 0.4) is 0 Å². The topological polar surface area (TPSA) is 86.9 Å². The van der Waals surface area contributed by atoms with E-state index in [0.717, 1.165) is 32.4 Å². The Hall–Kier alpha value is -1.89. The lowest BCUT2D eigenvalue weighted by molar-refractivity contribution is -0.142. The zero-order chi connectivity index (χ0) is 17.3. The minimum absolute atomic E-state index is 0.0226. The van der Waals surface area contributed by atoms with E-state index in [9.17, 15) is 14.7 Å². The molecule has 2 fully saturated rings. The average Bonchev–Trinajstić information content (AvgIpc) is 3.13. The Morgan fingerprint density at radius 1 is 1.42 bits per heavy atom. The Kier molecular flexibility index (Phi) is 4.62. The molecule has 0 unspecified atom stereocenters. The Bertz CT molecular complexity index is 619. The van der Waals surface area contributed by atoms with Gasteiger partial charge in [-0.05, 0) is 44.6 Å². The van der Waals surface area contributed by atoms with E-state index in [0.29, 0.717) is 31.0 Å². The molecule has 2 saturated heterocycles. The molecule has 1 amide bonds. The van der Waals surface area contributed by atoms with Crippen LogP contribution in [-0.2, 0) is 4.79 Å². The molecule has 3 rings (SSSR count). The minimum Gasteiger partial charge on any atom is -0.480 e. The largest absolute Gasteiger partial charge is 0.480 e. The van der Waals surface area contributed by atoms with Crippen LogP contribution < -0.4 is 0 Å². The fourth-order valence-corrected chi connectivity index (χ4v) is 4.09. The van der Waals surface area contributed by atoms with Gasteiger partial charge in [-0.2, -0.15) is 0 Å². The third kappa shape index (κ3) is 3.17. The van der Waals surface area contributed by atoms with E-state index >= 15 is 0 Å². The highest BCUT2D eigenvalue weighted by atomic mass is 16.5. The molecule has 0 aromatic carbocycles. The molecule has 0 aliphatic carbocycles. The number of rotatable bonds is 4. The maximum absolute atomic E-state index is 12.5. The summed E-state index contributed by atoms with van der Waals surface area (Å²) in [5, 5.41) is 13.3. The highest BCUT2D eigenvalue weighted by Gasteiger charge is 2.48. The molecule has 0 saturated carbocycles. The van der Waals surface area contributed by atoms with Gasteiger partial charge in [-0.15, -0.1) is 0 Å². The standard InChI is InChI=1S/C17H25N3O4/c1-3-6-20-11-17(10-14(20)16(22)23)4-7-19(8-5-17)15(21)13-9-12(2)24-18-13/h9,14H,3-8,10-11H2,1-2H3,(H,22,23)/t14-/m0/s1. The van der Waals surface area contributed by atoms with Crippen molar-refractivity contribution in [2.45, 2.75) is 45.6 Å². The van der Waals surface area contributed by atoms with Crippen molar-refractivity contribution < 1.29 is 19.2 Å². The van der Waals surface area contributed by atoms with Gasteiger partial charge in [0.25, 0.3) is 5.91 Å². The molecule has 2 aliphatic rings. The van der Waals surface area contributed by atoms with E-state index in [1.165, 1.54) is 0 Å². The summed E-state index contributed by atoms with van der Waals surface area (Å²) in [6.45, 7) is 6.78. The Labute approximate surface area is 141 Å². The van der Waals surface area contributed by atoms with Crippen LogP contribution in [-0.4, -0.2) is 64.2 Å². The lowest BCUT2D eigenvalue weighted by atomic mass is 9.76. The predicted molar refractivity (Wildman–Crippen MR) is 86.7 cm³/mol. The molecular formula is C17H25N3O4. The fraction of sp³-hybridized carbons (Fsp3) is 0.706. The first kappa shape index (κ1) is 17.0. The maximum atomic E-state index is 12.5. The molecule has 1 aromatic heterocycles. The predicted octanol–water partition coefficient (Wildman–Crippen LogP) is 1.77. The van der Waals surface area contributed by atoms with Crippen molar-refractivity contribution in [2.75, 3.05) is 26.2 Å². The molecular weight excluding hydrogens is 310 g/mol. The van der Waals surface area contributed by atoms with Gasteiger partial charge in [0.15, 0.2) is 5.69 Å². The van der Waals surface area contributed by atoms with E-state index in [-0.39, 0.29) is 17.4 Å². The third-order valence-electron chi connectivity index (χ3n) is 5.36. The molecule has 0 radical (unpaired) electrons. The molecule has 0 bridgehead atoms. The van der Waals surface area contributed by atoms with E-state index in [4.69, 9.17) is 4.52 Å². The normalized spacial score (nSPS) is 23.8. The van der Waals surface area contributed by atoms with Crippen molar-refractivity contribution in [1.82, 2.24) is 15.0 Å². The summed E-state index contributed by atoms with van der Waals surface area (Å²) < 4.78 is 4.98. The number of aliphatic carboxylic acids is 1. The van der Waals surface area contributed by atoms with Crippen LogP contribution in [0, 0.1) is 12.3 Å². The van der Waals surface area contributed by atoms with Crippen molar-refractivity contribution in [3.8, 4) is 0 Å². The van der Waals surface area contributed by atoms with Crippen LogP contribution in [0.4, 0.5) is 0 Å². The Morgan fingerprint density at radius 2 is 2.12 bits per heavy atom. The number of nitrogens with zero attached hydrogens (tertiary/aromatic N) is 3. The summed E-state index contributed by atoms with van der Waals surface area (Å²) in [4.78, 5) is 27.9. The summed E-state index contributed by atoms with van der Waals surface area (Å²) in [5.41, 5.74) is 0.375. The van der Waals surface area contributed by atoms with E-state index in [2.05, 4.69) is 17.0 Å². The van der Waals surface area contributed by atoms with E-state index < -0.39 is 5.97 Å². The molecule has 7 heteroatoms. The summed E-state index contributed by atoms with van der Waals surface area (Å²) in [7, 11) is 0. The molecule has 1 spiro atoms. The molecule has 132 valence electrons. The number of aryl methyl sites for hydroxylation is 1. The molecule has 2 aliphatic heterocycles. The summed E-state index contributed by atoms with van der Waals surface area (Å²) in [6.07, 6.45) is 3.34. The van der Waals surface area contributed by atoms with Crippen LogP contribution in [0.2, 0.25) is 0 Å². The van der Waals surface area contributed by atoms with Gasteiger partial charge in [0.1, 0.15) is 11.8 Å². The number of likely N-dealkylation sites (tertiary alicyclic amines) is 2. The van der Waals surface area contributed by atoms with Crippen LogP contribution in [0.1, 0.15) is 48.9 Å². The number of carbonyl (C=O) groups is 2. The maximum Gasteiger partial charge on any atom is 0.320 e. The monoisotopic (exact) mass is 335 g/mol. The van der Waals surface area contributed by atoms with Gasteiger partial charge in [0, 0.05) is 25.7 Å². The zero-order valence-corrected chi connectivity index (χ0v) is 14.3. The number of carbonyl (C=O) groups excluding carboxylic acids is 1. The molecule has 1 atom stereocenters. The number of amides is 1. The van der Waals surface area contributed by atoms with Gasteiger partial charge in [0.05, 0.1) is 0 Å². The van der Waals surface area contributed by atoms with E-state index in [1.54, 1.807) is 17.9 Å². The first-order valence-corrected chi connectivity index (χ1v) is 8.63. The number of carboxylic acid groups (broad SMARTS) is 1. The summed E-state index contributed by atoms with van der Waals surface area (Å²) in [6, 6.07) is 1.27. The second-order valence-electron chi connectivity index (χ2n) is 7.14.